The van der Waals surface area contributed by atoms with E-state index in [1.54, 1.807) is 16.4 Å². The third-order valence-corrected chi connectivity index (χ3v) is 6.71. The molecule has 3 rings (SSSR count). The molecule has 0 spiro atoms. The number of nitrogens with zero attached hydrogens (tertiary/aromatic N) is 2. The van der Waals surface area contributed by atoms with Crippen LogP contribution < -0.4 is 5.73 Å². The van der Waals surface area contributed by atoms with Crippen LogP contribution in [-0.2, 0) is 10.0 Å². The molecule has 24 heavy (non-hydrogen) atoms. The van der Waals surface area contributed by atoms with Crippen molar-refractivity contribution in [3.05, 3.63) is 35.4 Å². The molecule has 5 nitrogen and oxygen atoms in total. The Bertz CT molecular complexity index is 716. The van der Waals surface area contributed by atoms with Gasteiger partial charge in [0.25, 0.3) is 0 Å². The first-order valence-corrected chi connectivity index (χ1v) is 10.1. The summed E-state index contributed by atoms with van der Waals surface area (Å²) in [6.07, 6.45) is 6.67. The highest BCUT2D eigenvalue weighted by atomic mass is 32.2. The van der Waals surface area contributed by atoms with Crippen molar-refractivity contribution >= 4 is 16.1 Å². The van der Waals surface area contributed by atoms with Gasteiger partial charge < -0.3 is 10.6 Å². The van der Waals surface area contributed by atoms with Gasteiger partial charge in [-0.15, -0.1) is 0 Å². The quantitative estimate of drug-likeness (QED) is 0.884. The van der Waals surface area contributed by atoms with Crippen LogP contribution in [0.5, 0.6) is 0 Å². The fraction of sp³-hybridized carbons (Fsp3) is 0.556. The van der Waals surface area contributed by atoms with Gasteiger partial charge in [-0.2, -0.15) is 4.31 Å². The fourth-order valence-electron chi connectivity index (χ4n) is 2.98. The molecule has 1 atom stereocenters. The number of hydrogen-bond acceptors (Lipinski definition) is 4. The van der Waals surface area contributed by atoms with E-state index in [-0.39, 0.29) is 6.04 Å². The summed E-state index contributed by atoms with van der Waals surface area (Å²) >= 11 is 0. The third-order valence-electron chi connectivity index (χ3n) is 4.82. The standard InChI is InChI=1S/C18H27N3O2S/c1-14(19)18-8-7-17(13-16(18)6-5-15-3-4-15)24(22,23)21-11-9-20(2)10-12-21/h5-8,13-15H,3-4,9-12,19H2,1-2H3/b6-5+/t14-/m0/s1. The van der Waals surface area contributed by atoms with Crippen LogP contribution in [0.3, 0.4) is 0 Å². The summed E-state index contributed by atoms with van der Waals surface area (Å²) in [4.78, 5) is 2.52. The monoisotopic (exact) mass is 349 g/mol. The van der Waals surface area contributed by atoms with Crippen molar-refractivity contribution in [2.75, 3.05) is 33.2 Å². The lowest BCUT2D eigenvalue weighted by Crippen LogP contribution is -2.47. The van der Waals surface area contributed by atoms with Crippen LogP contribution in [-0.4, -0.2) is 50.8 Å². The largest absolute Gasteiger partial charge is 0.324 e. The number of rotatable bonds is 5. The number of hydrogen-bond donors (Lipinski definition) is 1. The van der Waals surface area contributed by atoms with Gasteiger partial charge in [-0.05, 0) is 56.0 Å². The van der Waals surface area contributed by atoms with Gasteiger partial charge in [-0.1, -0.05) is 18.2 Å². The van der Waals surface area contributed by atoms with Crippen LogP contribution in [0.25, 0.3) is 6.08 Å². The lowest BCUT2D eigenvalue weighted by Gasteiger charge is -2.31. The Morgan fingerprint density at radius 2 is 1.88 bits per heavy atom. The van der Waals surface area contributed by atoms with E-state index in [9.17, 15) is 8.42 Å². The minimum atomic E-state index is -3.44. The molecule has 0 amide bonds. The predicted octanol–water partition coefficient (Wildman–Crippen LogP) is 2.07. The molecule has 2 aliphatic rings. The van der Waals surface area contributed by atoms with Gasteiger partial charge in [0.05, 0.1) is 4.90 Å². The average molecular weight is 350 g/mol. The zero-order valence-corrected chi connectivity index (χ0v) is 15.3. The number of piperazine rings is 1. The average Bonchev–Trinajstić information content (AvgIpc) is 3.37. The van der Waals surface area contributed by atoms with Crippen LogP contribution in [0, 0.1) is 5.92 Å². The highest BCUT2D eigenvalue weighted by Crippen LogP contribution is 2.32. The second-order valence-electron chi connectivity index (χ2n) is 6.98. The van der Waals surface area contributed by atoms with E-state index in [4.69, 9.17) is 5.73 Å². The third kappa shape index (κ3) is 3.88. The van der Waals surface area contributed by atoms with Crippen molar-refractivity contribution in [1.82, 2.24) is 9.21 Å². The molecule has 0 unspecified atom stereocenters. The number of sulfonamides is 1. The minimum Gasteiger partial charge on any atom is -0.324 e. The molecule has 1 aromatic carbocycles. The molecule has 0 aromatic heterocycles. The molecule has 0 radical (unpaired) electrons. The van der Waals surface area contributed by atoms with Gasteiger partial charge in [0, 0.05) is 32.2 Å². The van der Waals surface area contributed by atoms with Gasteiger partial charge >= 0.3 is 0 Å². The first-order valence-electron chi connectivity index (χ1n) is 8.64. The minimum absolute atomic E-state index is 0.121. The summed E-state index contributed by atoms with van der Waals surface area (Å²) in [5.41, 5.74) is 7.97. The summed E-state index contributed by atoms with van der Waals surface area (Å²) in [5.74, 6) is 0.642. The summed E-state index contributed by atoms with van der Waals surface area (Å²) in [5, 5.41) is 0. The van der Waals surface area contributed by atoms with Crippen molar-refractivity contribution < 1.29 is 8.42 Å². The van der Waals surface area contributed by atoms with Crippen LogP contribution in [0.2, 0.25) is 0 Å². The van der Waals surface area contributed by atoms with E-state index >= 15 is 0 Å². The zero-order chi connectivity index (χ0) is 17.3. The molecule has 132 valence electrons. The van der Waals surface area contributed by atoms with Crippen molar-refractivity contribution in [2.45, 2.75) is 30.7 Å². The molecular formula is C18H27N3O2S. The van der Waals surface area contributed by atoms with E-state index in [1.165, 1.54) is 12.8 Å². The molecule has 1 aliphatic carbocycles. The molecule has 1 aliphatic heterocycles. The predicted molar refractivity (Wildman–Crippen MR) is 97.1 cm³/mol. The van der Waals surface area contributed by atoms with Gasteiger partial charge in [0.1, 0.15) is 0 Å². The summed E-state index contributed by atoms with van der Waals surface area (Å²) in [7, 11) is -1.43. The lowest BCUT2D eigenvalue weighted by molar-refractivity contribution is 0.222. The first-order chi connectivity index (χ1) is 11.4. The maximum Gasteiger partial charge on any atom is 0.243 e. The Hall–Kier alpha value is -1.21. The molecule has 2 fully saturated rings. The molecule has 6 heteroatoms. The maximum atomic E-state index is 12.9. The van der Waals surface area contributed by atoms with E-state index < -0.39 is 10.0 Å². The number of nitrogens with two attached hydrogens (primary N) is 1. The van der Waals surface area contributed by atoms with Gasteiger partial charge in [-0.25, -0.2) is 8.42 Å². The van der Waals surface area contributed by atoms with Crippen molar-refractivity contribution in [3.8, 4) is 0 Å². The van der Waals surface area contributed by atoms with Crippen molar-refractivity contribution in [2.24, 2.45) is 11.7 Å². The Labute approximate surface area is 145 Å². The molecule has 2 N–H and O–H groups in total. The Morgan fingerprint density at radius 3 is 2.46 bits per heavy atom. The Morgan fingerprint density at radius 1 is 1.21 bits per heavy atom. The van der Waals surface area contributed by atoms with Gasteiger partial charge in [0.15, 0.2) is 0 Å². The molecular weight excluding hydrogens is 322 g/mol. The highest BCUT2D eigenvalue weighted by Gasteiger charge is 2.28. The second kappa shape index (κ2) is 6.96. The maximum absolute atomic E-state index is 12.9. The molecule has 1 heterocycles. The molecule has 1 saturated carbocycles. The smallest absolute Gasteiger partial charge is 0.243 e. The van der Waals surface area contributed by atoms with Crippen LogP contribution in [0.4, 0.5) is 0 Å². The highest BCUT2D eigenvalue weighted by molar-refractivity contribution is 7.89. The second-order valence-corrected chi connectivity index (χ2v) is 8.92. The van der Waals surface area contributed by atoms with E-state index in [0.29, 0.717) is 23.9 Å². The number of allylic oxidation sites excluding steroid dienone is 1. The molecule has 1 saturated heterocycles. The topological polar surface area (TPSA) is 66.6 Å². The first kappa shape index (κ1) is 17.6. The summed E-state index contributed by atoms with van der Waals surface area (Å²) < 4.78 is 27.4. The van der Waals surface area contributed by atoms with E-state index in [0.717, 1.165) is 24.2 Å². The number of likely N-dealkylation sites (N-methyl/N-ethyl adjacent to an activating group) is 1. The van der Waals surface area contributed by atoms with Crippen molar-refractivity contribution in [1.29, 1.82) is 0 Å². The Kier molecular flexibility index (Phi) is 5.11. The van der Waals surface area contributed by atoms with Crippen molar-refractivity contribution in [3.63, 3.8) is 0 Å². The zero-order valence-electron chi connectivity index (χ0n) is 14.5. The number of benzene rings is 1. The Balaban J connectivity index is 1.90. The van der Waals surface area contributed by atoms with Gasteiger partial charge in [0.2, 0.25) is 10.0 Å². The van der Waals surface area contributed by atoms with E-state index in [1.807, 2.05) is 26.1 Å². The summed E-state index contributed by atoms with van der Waals surface area (Å²) in [6, 6.07) is 5.22. The molecule has 1 aromatic rings. The van der Waals surface area contributed by atoms with E-state index in [2.05, 4.69) is 11.0 Å². The normalized spacial score (nSPS) is 22.1. The van der Waals surface area contributed by atoms with Crippen LogP contribution in [0.15, 0.2) is 29.2 Å². The SMILES string of the molecule is C[C@H](N)c1ccc(S(=O)(=O)N2CCN(C)CC2)cc1/C=C/C1CC1. The lowest BCUT2D eigenvalue weighted by atomic mass is 10.0. The molecule has 0 bridgehead atoms. The van der Waals surface area contributed by atoms with Gasteiger partial charge in [-0.3, -0.25) is 0 Å². The van der Waals surface area contributed by atoms with Crippen LogP contribution >= 0.6 is 0 Å². The van der Waals surface area contributed by atoms with Crippen LogP contribution in [0.1, 0.15) is 36.9 Å². The summed E-state index contributed by atoms with van der Waals surface area (Å²) in [6.45, 7) is 4.55. The fourth-order valence-corrected chi connectivity index (χ4v) is 4.44.